The van der Waals surface area contributed by atoms with Crippen LogP contribution in [0.15, 0.2) is 0 Å². The van der Waals surface area contributed by atoms with Gasteiger partial charge >= 0.3 is 0 Å². The Labute approximate surface area is 78.2 Å². The highest BCUT2D eigenvalue weighted by Gasteiger charge is 2.37. The Bertz CT molecular complexity index is 212. The summed E-state index contributed by atoms with van der Waals surface area (Å²) in [5.41, 5.74) is 0. The lowest BCUT2D eigenvalue weighted by Gasteiger charge is -2.14. The number of carbonyl (C=O) groups is 2. The normalized spacial score (nSPS) is 35.7. The van der Waals surface area contributed by atoms with Gasteiger partial charge in [0.1, 0.15) is 5.37 Å². The fourth-order valence-electron chi connectivity index (χ4n) is 1.16. The van der Waals surface area contributed by atoms with Gasteiger partial charge in [0.05, 0.1) is 5.37 Å². The van der Waals surface area contributed by atoms with Crippen molar-refractivity contribution in [3.63, 3.8) is 0 Å². The number of hydrogen-bond donors (Lipinski definition) is 2. The van der Waals surface area contributed by atoms with Crippen molar-refractivity contribution in [3.05, 3.63) is 0 Å². The molecule has 2 aliphatic heterocycles. The van der Waals surface area contributed by atoms with Gasteiger partial charge in [-0.15, -0.1) is 11.8 Å². The van der Waals surface area contributed by atoms with Gasteiger partial charge in [0, 0.05) is 12.3 Å². The van der Waals surface area contributed by atoms with Crippen LogP contribution in [0.2, 0.25) is 0 Å². The maximum Gasteiger partial charge on any atom is 0.299 e. The first-order chi connectivity index (χ1) is 5.77. The first-order valence-corrected chi connectivity index (χ1v) is 5.57. The van der Waals surface area contributed by atoms with E-state index in [0.717, 1.165) is 24.1 Å². The molecule has 2 unspecified atom stereocenters. The molecule has 0 aliphatic carbocycles. The van der Waals surface area contributed by atoms with Crippen molar-refractivity contribution in [2.75, 3.05) is 12.3 Å². The second kappa shape index (κ2) is 3.27. The molecule has 2 aliphatic rings. The average molecular weight is 204 g/mol. The number of hydrogen-bond acceptors (Lipinski definition) is 5. The molecule has 1 amide bonds. The van der Waals surface area contributed by atoms with Crippen LogP contribution in [0, 0.1) is 0 Å². The van der Waals surface area contributed by atoms with Gasteiger partial charge in [-0.2, -0.15) is 0 Å². The molecular formula is C6H8N2O2S2. The minimum absolute atomic E-state index is 0.0718. The molecule has 0 aromatic rings. The Morgan fingerprint density at radius 1 is 1.33 bits per heavy atom. The predicted octanol–water partition coefficient (Wildman–Crippen LogP) is -0.635. The number of amides is 1. The molecule has 2 saturated heterocycles. The zero-order chi connectivity index (χ0) is 8.55. The number of thioether (sulfide) groups is 2. The molecule has 66 valence electrons. The largest absolute Gasteiger partial charge is 0.334 e. The Balaban J connectivity index is 1.98. The van der Waals surface area contributed by atoms with Crippen LogP contribution in [-0.4, -0.2) is 34.1 Å². The molecule has 0 spiro atoms. The van der Waals surface area contributed by atoms with Gasteiger partial charge in [-0.1, -0.05) is 11.8 Å². The van der Waals surface area contributed by atoms with E-state index >= 15 is 0 Å². The molecule has 0 aromatic heterocycles. The van der Waals surface area contributed by atoms with Crippen molar-refractivity contribution in [1.29, 1.82) is 0 Å². The zero-order valence-corrected chi connectivity index (χ0v) is 7.83. The summed E-state index contributed by atoms with van der Waals surface area (Å²) in [4.78, 5) is 21.7. The lowest BCUT2D eigenvalue weighted by atomic mass is 10.5. The molecule has 0 bridgehead atoms. The topological polar surface area (TPSA) is 58.2 Å². The summed E-state index contributed by atoms with van der Waals surface area (Å²) >= 11 is 2.83. The summed E-state index contributed by atoms with van der Waals surface area (Å²) in [7, 11) is 0. The first kappa shape index (κ1) is 8.40. The van der Waals surface area contributed by atoms with Crippen LogP contribution in [0.3, 0.4) is 0 Å². The van der Waals surface area contributed by atoms with E-state index in [2.05, 4.69) is 10.6 Å². The summed E-state index contributed by atoms with van der Waals surface area (Å²) in [6.45, 7) is 0.955. The first-order valence-electron chi connectivity index (χ1n) is 3.64. The summed E-state index contributed by atoms with van der Waals surface area (Å²) in [5, 5.41) is 5.61. The number of nitrogens with one attached hydrogen (secondary N) is 2. The van der Waals surface area contributed by atoms with Gasteiger partial charge < -0.3 is 10.6 Å². The fraction of sp³-hybridized carbons (Fsp3) is 0.667. The lowest BCUT2D eigenvalue weighted by Crippen LogP contribution is -2.39. The molecule has 2 atom stereocenters. The second-order valence-corrected chi connectivity index (χ2v) is 4.91. The molecule has 6 heteroatoms. The van der Waals surface area contributed by atoms with Crippen molar-refractivity contribution in [2.24, 2.45) is 0 Å². The third-order valence-corrected chi connectivity index (χ3v) is 4.17. The van der Waals surface area contributed by atoms with Gasteiger partial charge in [-0.05, 0) is 0 Å². The summed E-state index contributed by atoms with van der Waals surface area (Å²) in [6.07, 6.45) is 0. The molecular weight excluding hydrogens is 196 g/mol. The van der Waals surface area contributed by atoms with E-state index in [4.69, 9.17) is 0 Å². The molecule has 2 fully saturated rings. The maximum absolute atomic E-state index is 10.9. The molecule has 12 heavy (non-hydrogen) atoms. The smallest absolute Gasteiger partial charge is 0.299 e. The Kier molecular flexibility index (Phi) is 2.29. The standard InChI is InChI=1S/C6H8N2O2S2/c9-3-6(10)12-5(8-3)4-7-1-2-11-4/h4-5,7H,1-2H2,(H,8,9). The lowest BCUT2D eigenvalue weighted by molar-refractivity contribution is -0.132. The second-order valence-electron chi connectivity index (χ2n) is 2.54. The van der Waals surface area contributed by atoms with Crippen molar-refractivity contribution < 1.29 is 9.59 Å². The van der Waals surface area contributed by atoms with Crippen LogP contribution in [-0.2, 0) is 9.59 Å². The summed E-state index contributed by atoms with van der Waals surface area (Å²) < 4.78 is 0. The van der Waals surface area contributed by atoms with Crippen LogP contribution in [0.5, 0.6) is 0 Å². The fourth-order valence-corrected chi connectivity index (χ4v) is 3.32. The highest BCUT2D eigenvalue weighted by atomic mass is 32.2. The van der Waals surface area contributed by atoms with Crippen LogP contribution in [0.1, 0.15) is 0 Å². The summed E-state index contributed by atoms with van der Waals surface area (Å²) in [6, 6.07) is 0. The van der Waals surface area contributed by atoms with Crippen molar-refractivity contribution in [3.8, 4) is 0 Å². The molecule has 2 rings (SSSR count). The number of rotatable bonds is 1. The van der Waals surface area contributed by atoms with Crippen molar-refractivity contribution in [2.45, 2.75) is 10.7 Å². The minimum Gasteiger partial charge on any atom is -0.334 e. The number of carbonyl (C=O) groups excluding carboxylic acids is 2. The molecule has 0 radical (unpaired) electrons. The molecule has 2 N–H and O–H groups in total. The van der Waals surface area contributed by atoms with E-state index < -0.39 is 5.91 Å². The van der Waals surface area contributed by atoms with E-state index in [9.17, 15) is 9.59 Å². The monoisotopic (exact) mass is 204 g/mol. The Morgan fingerprint density at radius 3 is 2.67 bits per heavy atom. The van der Waals surface area contributed by atoms with E-state index in [1.165, 1.54) is 0 Å². The average Bonchev–Trinajstić information content (AvgIpc) is 2.61. The maximum atomic E-state index is 10.9. The highest BCUT2D eigenvalue weighted by Crippen LogP contribution is 2.28. The van der Waals surface area contributed by atoms with E-state index in [0.29, 0.717) is 0 Å². The van der Waals surface area contributed by atoms with Gasteiger partial charge in [0.25, 0.3) is 11.0 Å². The molecule has 0 aromatic carbocycles. The molecule has 2 heterocycles. The minimum atomic E-state index is -0.459. The molecule has 4 nitrogen and oxygen atoms in total. The molecule has 0 saturated carbocycles. The SMILES string of the molecule is O=C1NC(C2NCCS2)SC1=O. The van der Waals surface area contributed by atoms with E-state index in [1.807, 2.05) is 0 Å². The van der Waals surface area contributed by atoms with E-state index in [1.54, 1.807) is 11.8 Å². The van der Waals surface area contributed by atoms with Gasteiger partial charge in [-0.3, -0.25) is 9.59 Å². The van der Waals surface area contributed by atoms with Crippen LogP contribution >= 0.6 is 23.5 Å². The van der Waals surface area contributed by atoms with E-state index in [-0.39, 0.29) is 15.9 Å². The zero-order valence-electron chi connectivity index (χ0n) is 6.20. The van der Waals surface area contributed by atoms with Gasteiger partial charge in [0.2, 0.25) is 0 Å². The highest BCUT2D eigenvalue weighted by molar-refractivity contribution is 8.17. The van der Waals surface area contributed by atoms with Gasteiger partial charge in [0.15, 0.2) is 0 Å². The van der Waals surface area contributed by atoms with Crippen molar-refractivity contribution in [1.82, 2.24) is 10.6 Å². The Hall–Kier alpha value is -0.200. The Morgan fingerprint density at radius 2 is 2.17 bits per heavy atom. The van der Waals surface area contributed by atoms with Crippen LogP contribution < -0.4 is 10.6 Å². The predicted molar refractivity (Wildman–Crippen MR) is 48.8 cm³/mol. The van der Waals surface area contributed by atoms with Crippen molar-refractivity contribution >= 4 is 34.5 Å². The van der Waals surface area contributed by atoms with Crippen LogP contribution in [0.4, 0.5) is 0 Å². The van der Waals surface area contributed by atoms with Gasteiger partial charge in [-0.25, -0.2) is 0 Å². The third-order valence-electron chi connectivity index (χ3n) is 1.71. The summed E-state index contributed by atoms with van der Waals surface area (Å²) in [5.74, 6) is 0.588. The van der Waals surface area contributed by atoms with Crippen LogP contribution in [0.25, 0.3) is 0 Å². The third kappa shape index (κ3) is 1.46. The quantitative estimate of drug-likeness (QED) is 0.557.